The van der Waals surface area contributed by atoms with Gasteiger partial charge in [-0.2, -0.15) is 0 Å². The van der Waals surface area contributed by atoms with Crippen LogP contribution in [0.4, 0.5) is 6.01 Å². The zero-order chi connectivity index (χ0) is 12.3. The summed E-state index contributed by atoms with van der Waals surface area (Å²) in [7, 11) is 3.14. The number of ether oxygens (including phenoxy) is 2. The standard InChI is InChI=1S/C10H12N4O3/c1-15-7-3-6(4-8(5-7)16-2)9-13-14-10(12-11)17-9/h3-5H,11H2,1-2H3,(H,12,14). The molecule has 0 aliphatic heterocycles. The number of hydrazine groups is 1. The van der Waals surface area contributed by atoms with Crippen molar-refractivity contribution in [1.29, 1.82) is 0 Å². The lowest BCUT2D eigenvalue weighted by molar-refractivity contribution is 0.394. The molecule has 1 aromatic carbocycles. The summed E-state index contributed by atoms with van der Waals surface area (Å²) >= 11 is 0. The summed E-state index contributed by atoms with van der Waals surface area (Å²) in [5, 5.41) is 7.53. The van der Waals surface area contributed by atoms with Crippen molar-refractivity contribution in [2.45, 2.75) is 0 Å². The minimum atomic E-state index is 0.141. The molecule has 0 atom stereocenters. The van der Waals surface area contributed by atoms with Gasteiger partial charge in [0, 0.05) is 11.6 Å². The number of aromatic nitrogens is 2. The Bertz CT molecular complexity index is 490. The van der Waals surface area contributed by atoms with Gasteiger partial charge in [-0.25, -0.2) is 5.84 Å². The van der Waals surface area contributed by atoms with Crippen LogP contribution in [0.25, 0.3) is 11.5 Å². The first kappa shape index (κ1) is 11.2. The van der Waals surface area contributed by atoms with Crippen LogP contribution in [0.15, 0.2) is 22.6 Å². The Hall–Kier alpha value is -2.28. The highest BCUT2D eigenvalue weighted by atomic mass is 16.5. The van der Waals surface area contributed by atoms with Gasteiger partial charge in [0.1, 0.15) is 11.5 Å². The van der Waals surface area contributed by atoms with Crippen LogP contribution in [0, 0.1) is 0 Å². The Balaban J connectivity index is 2.43. The van der Waals surface area contributed by atoms with E-state index in [2.05, 4.69) is 15.6 Å². The molecular weight excluding hydrogens is 224 g/mol. The number of hydrogen-bond acceptors (Lipinski definition) is 7. The van der Waals surface area contributed by atoms with Crippen LogP contribution in [-0.4, -0.2) is 24.4 Å². The second kappa shape index (κ2) is 4.71. The molecule has 2 aromatic rings. The van der Waals surface area contributed by atoms with E-state index in [1.165, 1.54) is 0 Å². The van der Waals surface area contributed by atoms with Gasteiger partial charge in [-0.05, 0) is 12.1 Å². The maximum atomic E-state index is 5.25. The number of anilines is 1. The second-order valence-electron chi connectivity index (χ2n) is 3.16. The molecule has 7 heteroatoms. The number of hydrogen-bond donors (Lipinski definition) is 2. The van der Waals surface area contributed by atoms with E-state index in [0.29, 0.717) is 23.0 Å². The Morgan fingerprint density at radius 2 is 1.76 bits per heavy atom. The van der Waals surface area contributed by atoms with E-state index in [1.54, 1.807) is 32.4 Å². The molecule has 90 valence electrons. The van der Waals surface area contributed by atoms with Crippen molar-refractivity contribution >= 4 is 6.01 Å². The molecule has 0 fully saturated rings. The van der Waals surface area contributed by atoms with Crippen LogP contribution >= 0.6 is 0 Å². The van der Waals surface area contributed by atoms with Crippen molar-refractivity contribution in [3.05, 3.63) is 18.2 Å². The quantitative estimate of drug-likeness (QED) is 0.604. The number of rotatable bonds is 4. The maximum absolute atomic E-state index is 5.25. The van der Waals surface area contributed by atoms with Crippen molar-refractivity contribution in [2.75, 3.05) is 19.6 Å². The van der Waals surface area contributed by atoms with E-state index in [-0.39, 0.29) is 6.01 Å². The van der Waals surface area contributed by atoms with Crippen LogP contribution in [0.5, 0.6) is 11.5 Å². The van der Waals surface area contributed by atoms with Gasteiger partial charge >= 0.3 is 6.01 Å². The molecular formula is C10H12N4O3. The van der Waals surface area contributed by atoms with Crippen molar-refractivity contribution in [3.8, 4) is 23.0 Å². The van der Waals surface area contributed by atoms with Gasteiger partial charge < -0.3 is 13.9 Å². The Labute approximate surface area is 97.5 Å². The molecule has 17 heavy (non-hydrogen) atoms. The highest BCUT2D eigenvalue weighted by molar-refractivity contribution is 5.59. The molecule has 7 nitrogen and oxygen atoms in total. The summed E-state index contributed by atoms with van der Waals surface area (Å²) in [6.07, 6.45) is 0. The van der Waals surface area contributed by atoms with Crippen LogP contribution in [0.1, 0.15) is 0 Å². The zero-order valence-corrected chi connectivity index (χ0v) is 9.43. The van der Waals surface area contributed by atoms with Gasteiger partial charge in [-0.1, -0.05) is 5.10 Å². The van der Waals surface area contributed by atoms with E-state index in [9.17, 15) is 0 Å². The first-order valence-corrected chi connectivity index (χ1v) is 4.80. The van der Waals surface area contributed by atoms with Crippen molar-refractivity contribution in [1.82, 2.24) is 10.2 Å². The Kier molecular flexibility index (Phi) is 3.10. The zero-order valence-electron chi connectivity index (χ0n) is 9.43. The molecule has 0 saturated carbocycles. The topological polar surface area (TPSA) is 95.4 Å². The molecule has 0 spiro atoms. The fourth-order valence-electron chi connectivity index (χ4n) is 1.33. The minimum Gasteiger partial charge on any atom is -0.497 e. The lowest BCUT2D eigenvalue weighted by atomic mass is 10.2. The molecule has 2 rings (SSSR count). The molecule has 0 amide bonds. The highest BCUT2D eigenvalue weighted by Crippen LogP contribution is 2.29. The lowest BCUT2D eigenvalue weighted by Gasteiger charge is -2.05. The van der Waals surface area contributed by atoms with Gasteiger partial charge in [0.2, 0.25) is 5.89 Å². The molecule has 0 unspecified atom stereocenters. The minimum absolute atomic E-state index is 0.141. The number of nitrogens with zero attached hydrogens (tertiary/aromatic N) is 2. The maximum Gasteiger partial charge on any atom is 0.330 e. The summed E-state index contributed by atoms with van der Waals surface area (Å²) < 4.78 is 15.5. The highest BCUT2D eigenvalue weighted by Gasteiger charge is 2.10. The molecule has 3 N–H and O–H groups in total. The van der Waals surface area contributed by atoms with E-state index in [0.717, 1.165) is 0 Å². The third kappa shape index (κ3) is 2.28. The molecule has 0 aliphatic rings. The molecule has 0 saturated heterocycles. The third-order valence-corrected chi connectivity index (χ3v) is 2.15. The largest absolute Gasteiger partial charge is 0.497 e. The Morgan fingerprint density at radius 1 is 1.12 bits per heavy atom. The SMILES string of the molecule is COc1cc(OC)cc(-c2nnc(NN)o2)c1. The average molecular weight is 236 g/mol. The monoisotopic (exact) mass is 236 g/mol. The summed E-state index contributed by atoms with van der Waals surface area (Å²) in [5.41, 5.74) is 2.96. The van der Waals surface area contributed by atoms with Crippen molar-refractivity contribution < 1.29 is 13.9 Å². The number of nitrogens with one attached hydrogen (secondary N) is 1. The Morgan fingerprint density at radius 3 is 2.24 bits per heavy atom. The van der Waals surface area contributed by atoms with Gasteiger partial charge in [0.25, 0.3) is 0 Å². The van der Waals surface area contributed by atoms with Crippen LogP contribution in [-0.2, 0) is 0 Å². The number of methoxy groups -OCH3 is 2. The summed E-state index contributed by atoms with van der Waals surface area (Å²) in [4.78, 5) is 0. The lowest BCUT2D eigenvalue weighted by Crippen LogP contribution is -2.06. The van der Waals surface area contributed by atoms with E-state index >= 15 is 0 Å². The predicted molar refractivity (Wildman–Crippen MR) is 60.6 cm³/mol. The molecule has 0 bridgehead atoms. The molecule has 0 radical (unpaired) electrons. The summed E-state index contributed by atoms with van der Waals surface area (Å²) in [5.74, 6) is 6.76. The molecule has 1 heterocycles. The van der Waals surface area contributed by atoms with Crippen molar-refractivity contribution in [2.24, 2.45) is 5.84 Å². The van der Waals surface area contributed by atoms with Gasteiger partial charge in [-0.15, -0.1) is 5.10 Å². The normalized spacial score (nSPS) is 10.1. The third-order valence-electron chi connectivity index (χ3n) is 2.15. The molecule has 0 aliphatic carbocycles. The van der Waals surface area contributed by atoms with Gasteiger partial charge in [-0.3, -0.25) is 5.43 Å². The van der Waals surface area contributed by atoms with Gasteiger partial charge in [0.15, 0.2) is 0 Å². The van der Waals surface area contributed by atoms with Crippen molar-refractivity contribution in [3.63, 3.8) is 0 Å². The van der Waals surface area contributed by atoms with Crippen LogP contribution in [0.3, 0.4) is 0 Å². The fraction of sp³-hybridized carbons (Fsp3) is 0.200. The van der Waals surface area contributed by atoms with E-state index in [1.807, 2.05) is 0 Å². The van der Waals surface area contributed by atoms with E-state index < -0.39 is 0 Å². The van der Waals surface area contributed by atoms with Crippen LogP contribution in [0.2, 0.25) is 0 Å². The number of nitrogens with two attached hydrogens (primary N) is 1. The fourth-order valence-corrected chi connectivity index (χ4v) is 1.33. The van der Waals surface area contributed by atoms with Gasteiger partial charge in [0.05, 0.1) is 14.2 Å². The first-order valence-electron chi connectivity index (χ1n) is 4.80. The second-order valence-corrected chi connectivity index (χ2v) is 3.16. The molecule has 1 aromatic heterocycles. The van der Waals surface area contributed by atoms with E-state index in [4.69, 9.17) is 19.7 Å². The first-order chi connectivity index (χ1) is 8.26. The summed E-state index contributed by atoms with van der Waals surface area (Å²) in [6, 6.07) is 5.41. The summed E-state index contributed by atoms with van der Waals surface area (Å²) in [6.45, 7) is 0. The number of nitrogen functional groups attached to an aromatic ring is 1. The van der Waals surface area contributed by atoms with Crippen LogP contribution < -0.4 is 20.7 Å². The average Bonchev–Trinajstić information content (AvgIpc) is 2.86. The number of benzene rings is 1. The predicted octanol–water partition coefficient (Wildman–Crippen LogP) is 1.04. The smallest absolute Gasteiger partial charge is 0.330 e.